The zero-order valence-electron chi connectivity index (χ0n) is 18.5. The lowest BCUT2D eigenvalue weighted by molar-refractivity contribution is -0.132. The summed E-state index contributed by atoms with van der Waals surface area (Å²) in [7, 11) is -0.718. The highest BCUT2D eigenvalue weighted by molar-refractivity contribution is 7.89. The lowest BCUT2D eigenvalue weighted by Crippen LogP contribution is -2.48. The Hall–Kier alpha value is -3.16. The number of hydrogen-bond donors (Lipinski definition) is 1. The molecule has 0 spiro atoms. The minimum absolute atomic E-state index is 0.0902. The van der Waals surface area contributed by atoms with E-state index in [0.717, 1.165) is 11.1 Å². The summed E-state index contributed by atoms with van der Waals surface area (Å²) >= 11 is 0. The highest BCUT2D eigenvalue weighted by Gasteiger charge is 2.28. The molecule has 0 aliphatic carbocycles. The second kappa shape index (κ2) is 10.4. The number of aryl methyl sites for hydroxylation is 1. The van der Waals surface area contributed by atoms with Gasteiger partial charge in [0.25, 0.3) is 0 Å². The summed E-state index contributed by atoms with van der Waals surface area (Å²) in [5.74, 6) is 0.301. The van der Waals surface area contributed by atoms with E-state index < -0.39 is 16.1 Å². The van der Waals surface area contributed by atoms with Gasteiger partial charge in [0.15, 0.2) is 0 Å². The highest BCUT2D eigenvalue weighted by atomic mass is 32.2. The van der Waals surface area contributed by atoms with Gasteiger partial charge in [0.1, 0.15) is 11.8 Å². The Morgan fingerprint density at radius 3 is 2.12 bits per heavy atom. The lowest BCUT2D eigenvalue weighted by atomic mass is 10.1. The second-order valence-electron chi connectivity index (χ2n) is 7.67. The van der Waals surface area contributed by atoms with Crippen LogP contribution in [0.5, 0.6) is 5.75 Å². The van der Waals surface area contributed by atoms with Crippen molar-refractivity contribution in [1.82, 2.24) is 9.62 Å². The van der Waals surface area contributed by atoms with Crippen molar-refractivity contribution in [3.8, 4) is 5.75 Å². The number of amides is 1. The number of nitrogens with one attached hydrogen (secondary N) is 1. The number of carbonyl (C=O) groups is 1. The molecule has 0 saturated carbocycles. The van der Waals surface area contributed by atoms with E-state index in [1.54, 1.807) is 31.0 Å². The van der Waals surface area contributed by atoms with E-state index >= 15 is 0 Å². The van der Waals surface area contributed by atoms with Crippen LogP contribution in [0.4, 0.5) is 0 Å². The van der Waals surface area contributed by atoms with E-state index in [9.17, 15) is 13.2 Å². The first-order valence-corrected chi connectivity index (χ1v) is 11.8. The molecule has 1 atom stereocenters. The number of sulfonamides is 1. The molecule has 0 bridgehead atoms. The van der Waals surface area contributed by atoms with Crippen molar-refractivity contribution in [1.29, 1.82) is 0 Å². The Morgan fingerprint density at radius 1 is 0.969 bits per heavy atom. The minimum Gasteiger partial charge on any atom is -0.496 e. The van der Waals surface area contributed by atoms with Gasteiger partial charge in [0.2, 0.25) is 15.9 Å². The van der Waals surface area contributed by atoms with Crippen LogP contribution >= 0.6 is 0 Å². The normalized spacial score (nSPS) is 12.2. The Morgan fingerprint density at radius 2 is 1.56 bits per heavy atom. The molecule has 1 N–H and O–H groups in total. The maximum Gasteiger partial charge on any atom is 0.241 e. The molecule has 7 heteroatoms. The number of rotatable bonds is 9. The molecule has 1 amide bonds. The summed E-state index contributed by atoms with van der Waals surface area (Å²) in [5, 5.41) is 0. The van der Waals surface area contributed by atoms with Gasteiger partial charge in [-0.3, -0.25) is 4.79 Å². The van der Waals surface area contributed by atoms with Gasteiger partial charge in [-0.05, 0) is 48.2 Å². The average molecular weight is 453 g/mol. The molecule has 0 radical (unpaired) electrons. The van der Waals surface area contributed by atoms with Crippen LogP contribution in [0.15, 0.2) is 83.8 Å². The largest absolute Gasteiger partial charge is 0.496 e. The Balaban J connectivity index is 1.86. The number of benzene rings is 3. The monoisotopic (exact) mass is 452 g/mol. The number of hydrogen-bond acceptors (Lipinski definition) is 4. The van der Waals surface area contributed by atoms with Gasteiger partial charge in [-0.1, -0.05) is 60.7 Å². The van der Waals surface area contributed by atoms with Crippen LogP contribution in [0.25, 0.3) is 0 Å². The fourth-order valence-corrected chi connectivity index (χ4v) is 4.78. The first kappa shape index (κ1) is 23.5. The van der Waals surface area contributed by atoms with Crippen molar-refractivity contribution in [2.24, 2.45) is 0 Å². The van der Waals surface area contributed by atoms with Crippen LogP contribution in [0.2, 0.25) is 0 Å². The zero-order chi connectivity index (χ0) is 23.1. The lowest BCUT2D eigenvalue weighted by Gasteiger charge is -2.25. The third-order valence-corrected chi connectivity index (χ3v) is 6.66. The highest BCUT2D eigenvalue weighted by Crippen LogP contribution is 2.22. The Bertz CT molecular complexity index is 1150. The molecule has 0 fully saturated rings. The number of likely N-dealkylation sites (N-methyl/N-ethyl adjacent to an activating group) is 1. The summed E-state index contributed by atoms with van der Waals surface area (Å²) in [6.07, 6.45) is 0.243. The van der Waals surface area contributed by atoms with E-state index in [4.69, 9.17) is 4.74 Å². The second-order valence-corrected chi connectivity index (χ2v) is 9.39. The standard InChI is InChI=1S/C25H28N2O4S/c1-19-16-22(14-15-24(19)31-3)32(29,30)26-23(17-20-10-6-4-7-11-20)25(28)27(2)18-21-12-8-5-9-13-21/h4-16,23,26H,17-18H2,1-3H3. The SMILES string of the molecule is COc1ccc(S(=O)(=O)NC(Cc2ccccc2)C(=O)N(C)Cc2ccccc2)cc1C. The molecule has 0 aliphatic rings. The molecule has 0 heterocycles. The fourth-order valence-electron chi connectivity index (χ4n) is 3.50. The van der Waals surface area contributed by atoms with Gasteiger partial charge in [0.05, 0.1) is 12.0 Å². The molecule has 1 unspecified atom stereocenters. The van der Waals surface area contributed by atoms with Gasteiger partial charge >= 0.3 is 0 Å². The number of ether oxygens (including phenoxy) is 1. The van der Waals surface area contributed by atoms with Crippen molar-refractivity contribution in [2.75, 3.05) is 14.2 Å². The summed E-state index contributed by atoms with van der Waals surface area (Å²) in [4.78, 5) is 14.9. The maximum absolute atomic E-state index is 13.3. The van der Waals surface area contributed by atoms with Gasteiger partial charge in [-0.15, -0.1) is 0 Å². The van der Waals surface area contributed by atoms with Crippen LogP contribution in [-0.2, 0) is 27.8 Å². The van der Waals surface area contributed by atoms with Crippen LogP contribution < -0.4 is 9.46 Å². The molecule has 0 saturated heterocycles. The molecule has 3 aromatic rings. The fraction of sp³-hybridized carbons (Fsp3) is 0.240. The Kier molecular flexibility index (Phi) is 7.66. The van der Waals surface area contributed by atoms with E-state index in [2.05, 4.69) is 4.72 Å². The number of methoxy groups -OCH3 is 1. The van der Waals surface area contributed by atoms with Crippen LogP contribution in [0, 0.1) is 6.92 Å². The molecule has 0 aliphatic heterocycles. The first-order valence-electron chi connectivity index (χ1n) is 10.3. The van der Waals surface area contributed by atoms with Crippen LogP contribution in [0.1, 0.15) is 16.7 Å². The maximum atomic E-state index is 13.3. The first-order chi connectivity index (χ1) is 15.3. The van der Waals surface area contributed by atoms with Gasteiger partial charge in [-0.2, -0.15) is 4.72 Å². The Labute approximate surface area is 189 Å². The molecular formula is C25H28N2O4S. The van der Waals surface area contributed by atoms with Crippen molar-refractivity contribution in [3.63, 3.8) is 0 Å². The smallest absolute Gasteiger partial charge is 0.241 e. The van der Waals surface area contributed by atoms with Gasteiger partial charge < -0.3 is 9.64 Å². The zero-order valence-corrected chi connectivity index (χ0v) is 19.3. The quantitative estimate of drug-likeness (QED) is 0.539. The molecule has 0 aromatic heterocycles. The van der Waals surface area contributed by atoms with Gasteiger partial charge in [0, 0.05) is 13.6 Å². The van der Waals surface area contributed by atoms with Crippen LogP contribution in [0.3, 0.4) is 0 Å². The summed E-state index contributed by atoms with van der Waals surface area (Å²) in [6.45, 7) is 2.16. The van der Waals surface area contributed by atoms with Crippen molar-refractivity contribution in [2.45, 2.75) is 30.8 Å². The minimum atomic E-state index is -3.93. The van der Waals surface area contributed by atoms with E-state index in [1.165, 1.54) is 13.2 Å². The molecule has 168 valence electrons. The average Bonchev–Trinajstić information content (AvgIpc) is 2.79. The van der Waals surface area contributed by atoms with Crippen LogP contribution in [-0.4, -0.2) is 39.4 Å². The van der Waals surface area contributed by atoms with Crippen molar-refractivity contribution < 1.29 is 17.9 Å². The molecule has 6 nitrogen and oxygen atoms in total. The third kappa shape index (κ3) is 5.96. The number of nitrogens with zero attached hydrogens (tertiary/aromatic N) is 1. The topological polar surface area (TPSA) is 75.7 Å². The summed E-state index contributed by atoms with van der Waals surface area (Å²) < 4.78 is 34.1. The van der Waals surface area contributed by atoms with E-state index in [0.29, 0.717) is 17.9 Å². The number of carbonyl (C=O) groups excluding carboxylic acids is 1. The molecule has 3 aromatic carbocycles. The predicted octanol–water partition coefficient (Wildman–Crippen LogP) is 3.55. The molecular weight excluding hydrogens is 424 g/mol. The molecule has 3 rings (SSSR count). The summed E-state index contributed by atoms with van der Waals surface area (Å²) in [5.41, 5.74) is 2.53. The van der Waals surface area contributed by atoms with E-state index in [1.807, 2.05) is 60.7 Å². The van der Waals surface area contributed by atoms with Crippen molar-refractivity contribution >= 4 is 15.9 Å². The summed E-state index contributed by atoms with van der Waals surface area (Å²) in [6, 6.07) is 22.6. The molecule has 32 heavy (non-hydrogen) atoms. The predicted molar refractivity (Wildman–Crippen MR) is 125 cm³/mol. The van der Waals surface area contributed by atoms with Gasteiger partial charge in [-0.25, -0.2) is 8.42 Å². The third-order valence-electron chi connectivity index (χ3n) is 5.19. The van der Waals surface area contributed by atoms with E-state index in [-0.39, 0.29) is 17.2 Å². The van der Waals surface area contributed by atoms with Crippen molar-refractivity contribution in [3.05, 3.63) is 95.6 Å².